The number of aromatic amines is 1. The summed E-state index contributed by atoms with van der Waals surface area (Å²) in [6, 6.07) is 28.6. The van der Waals surface area contributed by atoms with E-state index in [2.05, 4.69) is 9.97 Å². The van der Waals surface area contributed by atoms with Crippen LogP contribution in [0.1, 0.15) is 36.8 Å². The highest BCUT2D eigenvalue weighted by atomic mass is 16.6. The number of ether oxygens (including phenoxy) is 1. The molecule has 0 radical (unpaired) electrons. The number of aliphatic hydroxyl groups excluding tert-OH is 3. The van der Waals surface area contributed by atoms with E-state index in [4.69, 9.17) is 9.72 Å². The van der Waals surface area contributed by atoms with Gasteiger partial charge in [0.1, 0.15) is 23.9 Å². The van der Waals surface area contributed by atoms with Crippen LogP contribution in [0.15, 0.2) is 102 Å². The summed E-state index contributed by atoms with van der Waals surface area (Å²) in [6.07, 6.45) is -3.75. The predicted molar refractivity (Wildman–Crippen MR) is 163 cm³/mol. The summed E-state index contributed by atoms with van der Waals surface area (Å²) in [4.78, 5) is 41.5. The van der Waals surface area contributed by atoms with Gasteiger partial charge < -0.3 is 20.1 Å². The maximum Gasteiger partial charge on any atom is 0.280 e. The average molecular weight is 596 g/mol. The standard InChI is InChI=1S/C33H33N5O6/c1-20(2)30(43)38(32-35-28-25(29(42)36-32)34-19-37(28)31-27(41)26(40)24(18-39)44-31)33(21-12-6-3-7-13-21,22-14-8-4-9-15-22)23-16-10-5-11-17-23/h3-17,19-20,24,26-27,31,39-41H,18H2,1-2H3,(H,35,36,42)/t24-,26-,27-,31-/m1/s1. The fraction of sp³-hybridized carbons (Fsp3) is 0.273. The van der Waals surface area contributed by atoms with E-state index in [1.165, 1.54) is 15.8 Å². The average Bonchev–Trinajstić information content (AvgIpc) is 3.60. The lowest BCUT2D eigenvalue weighted by molar-refractivity contribution is -0.122. The number of carbonyl (C=O) groups excluding carboxylic acids is 1. The smallest absolute Gasteiger partial charge is 0.280 e. The van der Waals surface area contributed by atoms with Gasteiger partial charge in [-0.3, -0.25) is 24.0 Å². The van der Waals surface area contributed by atoms with Gasteiger partial charge in [0.05, 0.1) is 12.9 Å². The SMILES string of the molecule is CC(C)C(=O)N(c1nc2c(ncn2[C@@H]2O[C@H](CO)[C@@H](O)[C@H]2O)c(=O)[nH]1)C(c1ccccc1)(c1ccccc1)c1ccccc1. The van der Waals surface area contributed by atoms with Gasteiger partial charge in [0.2, 0.25) is 11.9 Å². The highest BCUT2D eigenvalue weighted by Crippen LogP contribution is 2.44. The van der Waals surface area contributed by atoms with E-state index in [9.17, 15) is 24.9 Å². The number of amides is 1. The van der Waals surface area contributed by atoms with Crippen molar-refractivity contribution in [1.82, 2.24) is 19.5 Å². The third-order valence-electron chi connectivity index (χ3n) is 8.05. The lowest BCUT2D eigenvalue weighted by Crippen LogP contribution is -2.54. The van der Waals surface area contributed by atoms with E-state index in [-0.39, 0.29) is 23.0 Å². The Morgan fingerprint density at radius 3 is 1.91 bits per heavy atom. The Bertz CT molecular complexity index is 1710. The maximum atomic E-state index is 14.5. The second kappa shape index (κ2) is 11.8. The molecule has 0 unspecified atom stereocenters. The minimum Gasteiger partial charge on any atom is -0.394 e. The van der Waals surface area contributed by atoms with Crippen molar-refractivity contribution < 1.29 is 24.9 Å². The van der Waals surface area contributed by atoms with E-state index in [1.54, 1.807) is 13.8 Å². The Kier molecular flexibility index (Phi) is 7.87. The highest BCUT2D eigenvalue weighted by molar-refractivity contribution is 5.97. The van der Waals surface area contributed by atoms with E-state index in [0.29, 0.717) is 0 Å². The van der Waals surface area contributed by atoms with Crippen LogP contribution in [-0.2, 0) is 15.1 Å². The zero-order chi connectivity index (χ0) is 31.0. The summed E-state index contributed by atoms with van der Waals surface area (Å²) in [6.45, 7) is 3.03. The van der Waals surface area contributed by atoms with Crippen LogP contribution in [0.5, 0.6) is 0 Å². The van der Waals surface area contributed by atoms with Gasteiger partial charge >= 0.3 is 0 Å². The number of carbonyl (C=O) groups is 1. The van der Waals surface area contributed by atoms with Crippen molar-refractivity contribution in [3.63, 3.8) is 0 Å². The normalized spacial score (nSPS) is 20.3. The van der Waals surface area contributed by atoms with Crippen molar-refractivity contribution in [1.29, 1.82) is 0 Å². The molecule has 44 heavy (non-hydrogen) atoms. The number of benzene rings is 3. The molecule has 11 nitrogen and oxygen atoms in total. The van der Waals surface area contributed by atoms with E-state index in [1.807, 2.05) is 91.0 Å². The molecule has 5 aromatic rings. The number of fused-ring (bicyclic) bond motifs is 1. The quantitative estimate of drug-likeness (QED) is 0.200. The molecule has 4 N–H and O–H groups in total. The predicted octanol–water partition coefficient (Wildman–Crippen LogP) is 2.71. The van der Waals surface area contributed by atoms with Crippen molar-refractivity contribution in [3.05, 3.63) is 124 Å². The molecule has 2 aromatic heterocycles. The topological polar surface area (TPSA) is 154 Å². The highest BCUT2D eigenvalue weighted by Gasteiger charge is 2.48. The molecule has 3 aromatic carbocycles. The lowest BCUT2D eigenvalue weighted by Gasteiger charge is -2.45. The van der Waals surface area contributed by atoms with Crippen molar-refractivity contribution in [2.75, 3.05) is 11.5 Å². The Balaban J connectivity index is 1.68. The molecule has 226 valence electrons. The Morgan fingerprint density at radius 2 is 1.45 bits per heavy atom. The van der Waals surface area contributed by atoms with Crippen LogP contribution in [0.4, 0.5) is 5.95 Å². The molecule has 1 aliphatic heterocycles. The molecule has 0 spiro atoms. The molecule has 0 aliphatic carbocycles. The molecule has 1 fully saturated rings. The van der Waals surface area contributed by atoms with Crippen LogP contribution in [0.25, 0.3) is 11.2 Å². The van der Waals surface area contributed by atoms with Gasteiger partial charge in [-0.25, -0.2) is 4.98 Å². The van der Waals surface area contributed by atoms with E-state index >= 15 is 0 Å². The van der Waals surface area contributed by atoms with Gasteiger partial charge in [-0.2, -0.15) is 4.98 Å². The number of imidazole rings is 1. The molecule has 1 aliphatic rings. The molecule has 4 atom stereocenters. The first kappa shape index (κ1) is 29.4. The van der Waals surface area contributed by atoms with Gasteiger partial charge in [0.25, 0.3) is 5.56 Å². The Hall–Kier alpha value is -4.68. The fourth-order valence-electron chi connectivity index (χ4n) is 5.93. The van der Waals surface area contributed by atoms with Crippen molar-refractivity contribution >= 4 is 23.0 Å². The minimum absolute atomic E-state index is 0.0308. The van der Waals surface area contributed by atoms with Crippen LogP contribution < -0.4 is 10.5 Å². The molecule has 0 saturated carbocycles. The van der Waals surface area contributed by atoms with Crippen LogP contribution in [-0.4, -0.2) is 65.7 Å². The van der Waals surface area contributed by atoms with Gasteiger partial charge in [-0.05, 0) is 16.7 Å². The van der Waals surface area contributed by atoms with Crippen LogP contribution in [0.3, 0.4) is 0 Å². The second-order valence-electron chi connectivity index (χ2n) is 11.1. The summed E-state index contributed by atoms with van der Waals surface area (Å²) < 4.78 is 7.07. The number of aromatic nitrogens is 4. The monoisotopic (exact) mass is 595 g/mol. The molecule has 6 rings (SSSR count). The number of nitrogens with one attached hydrogen (secondary N) is 1. The van der Waals surface area contributed by atoms with E-state index < -0.39 is 48.2 Å². The van der Waals surface area contributed by atoms with Crippen LogP contribution in [0.2, 0.25) is 0 Å². The molecule has 0 bridgehead atoms. The number of rotatable bonds is 8. The molecule has 1 amide bonds. The number of H-pyrrole nitrogens is 1. The third-order valence-corrected chi connectivity index (χ3v) is 8.05. The second-order valence-corrected chi connectivity index (χ2v) is 11.1. The zero-order valence-electron chi connectivity index (χ0n) is 24.2. The minimum atomic E-state index is -1.43. The first-order valence-electron chi connectivity index (χ1n) is 14.4. The van der Waals surface area contributed by atoms with Gasteiger partial charge in [-0.15, -0.1) is 0 Å². The summed E-state index contributed by atoms with van der Waals surface area (Å²) in [5.74, 6) is -0.883. The summed E-state index contributed by atoms with van der Waals surface area (Å²) in [5.41, 5.74) is 0.348. The van der Waals surface area contributed by atoms with Crippen molar-refractivity contribution in [3.8, 4) is 0 Å². The summed E-state index contributed by atoms with van der Waals surface area (Å²) in [5, 5.41) is 30.8. The molecular weight excluding hydrogens is 562 g/mol. The van der Waals surface area contributed by atoms with Gasteiger partial charge in [-0.1, -0.05) is 105 Å². The Labute approximate surface area is 253 Å². The van der Waals surface area contributed by atoms with Gasteiger partial charge in [0.15, 0.2) is 17.4 Å². The number of aliphatic hydroxyl groups is 3. The summed E-state index contributed by atoms with van der Waals surface area (Å²) in [7, 11) is 0. The Morgan fingerprint density at radius 1 is 0.932 bits per heavy atom. The number of nitrogens with zero attached hydrogens (tertiary/aromatic N) is 4. The van der Waals surface area contributed by atoms with E-state index in [0.717, 1.165) is 16.7 Å². The van der Waals surface area contributed by atoms with Crippen molar-refractivity contribution in [2.45, 2.75) is 43.9 Å². The largest absolute Gasteiger partial charge is 0.394 e. The first-order chi connectivity index (χ1) is 21.3. The lowest BCUT2D eigenvalue weighted by atomic mass is 9.75. The molecule has 3 heterocycles. The van der Waals surface area contributed by atoms with Crippen LogP contribution >= 0.6 is 0 Å². The van der Waals surface area contributed by atoms with Crippen molar-refractivity contribution in [2.24, 2.45) is 5.92 Å². The van der Waals surface area contributed by atoms with Gasteiger partial charge in [0, 0.05) is 5.92 Å². The third kappa shape index (κ3) is 4.70. The fourth-order valence-corrected chi connectivity index (χ4v) is 5.93. The van der Waals surface area contributed by atoms with Crippen LogP contribution in [0, 0.1) is 5.92 Å². The maximum absolute atomic E-state index is 14.5. The molecule has 11 heteroatoms. The molecule has 1 saturated heterocycles. The number of anilines is 1. The zero-order valence-corrected chi connectivity index (χ0v) is 24.2. The summed E-state index contributed by atoms with van der Waals surface area (Å²) >= 11 is 0. The first-order valence-corrected chi connectivity index (χ1v) is 14.4. The molecular formula is C33H33N5O6. The number of hydrogen-bond acceptors (Lipinski definition) is 8. The number of hydrogen-bond donors (Lipinski definition) is 4.